The summed E-state index contributed by atoms with van der Waals surface area (Å²) in [7, 11) is -3.80. The first-order valence-electron chi connectivity index (χ1n) is 6.93. The molecule has 1 aromatic heterocycles. The van der Waals surface area contributed by atoms with Gasteiger partial charge in [-0.25, -0.2) is 13.2 Å². The molecule has 1 N–H and O–H groups in total. The van der Waals surface area contributed by atoms with Crippen molar-refractivity contribution in [3.8, 4) is 0 Å². The third-order valence-corrected chi connectivity index (χ3v) is 7.25. The van der Waals surface area contributed by atoms with Gasteiger partial charge < -0.3 is 10.0 Å². The predicted molar refractivity (Wildman–Crippen MR) is 72.1 cm³/mol. The number of carboxylic acid groups (broad SMARTS) is 1. The number of rotatable bonds is 4. The minimum atomic E-state index is -3.80. The van der Waals surface area contributed by atoms with Gasteiger partial charge in [0.2, 0.25) is 5.91 Å². The van der Waals surface area contributed by atoms with Crippen LogP contribution in [-0.2, 0) is 32.5 Å². The number of aromatic nitrogens is 3. The van der Waals surface area contributed by atoms with Crippen molar-refractivity contribution in [2.24, 2.45) is 0 Å². The van der Waals surface area contributed by atoms with Gasteiger partial charge in [0.15, 0.2) is 28.3 Å². The molecule has 120 valence electrons. The second-order valence-corrected chi connectivity index (χ2v) is 8.37. The summed E-state index contributed by atoms with van der Waals surface area (Å²) < 4.78 is 26.8. The number of aryl methyl sites for hydroxylation is 1. The molecule has 22 heavy (non-hydrogen) atoms. The average Bonchev–Trinajstić information content (AvgIpc) is 2.92. The van der Waals surface area contributed by atoms with Crippen molar-refractivity contribution in [1.82, 2.24) is 14.8 Å². The van der Waals surface area contributed by atoms with E-state index in [-0.39, 0.29) is 13.0 Å². The molecule has 2 aliphatic heterocycles. The van der Waals surface area contributed by atoms with Gasteiger partial charge in [-0.1, -0.05) is 0 Å². The number of amides is 1. The van der Waals surface area contributed by atoms with Crippen LogP contribution in [0.15, 0.2) is 12.4 Å². The lowest BCUT2D eigenvalue weighted by Crippen LogP contribution is -2.60. The quantitative estimate of drug-likeness (QED) is 0.525. The maximum absolute atomic E-state index is 12.7. The summed E-state index contributed by atoms with van der Waals surface area (Å²) >= 11 is 0. The highest BCUT2D eigenvalue weighted by molar-refractivity contribution is 7.93. The molecule has 0 bridgehead atoms. The van der Waals surface area contributed by atoms with E-state index >= 15 is 0 Å². The van der Waals surface area contributed by atoms with E-state index in [0.29, 0.717) is 6.54 Å². The fraction of sp³-hybridized carbons (Fsp3) is 0.667. The largest absolute Gasteiger partial charge is 0.480 e. The van der Waals surface area contributed by atoms with Crippen LogP contribution in [0, 0.1) is 0 Å². The number of carboxylic acids is 1. The lowest BCUT2D eigenvalue weighted by molar-refractivity contribution is -0.758. The first kappa shape index (κ1) is 14.9. The first-order chi connectivity index (χ1) is 10.2. The maximum atomic E-state index is 12.7. The minimum absolute atomic E-state index is 0.112. The summed E-state index contributed by atoms with van der Waals surface area (Å²) in [6.07, 6.45) is 3.14. The Labute approximate surface area is 127 Å². The molecule has 1 amide bonds. The summed E-state index contributed by atoms with van der Waals surface area (Å²) in [6, 6.07) is -1.39. The number of sulfone groups is 1. The topological polar surface area (TPSA) is 113 Å². The zero-order chi connectivity index (χ0) is 16.3. The Kier molecular flexibility index (Phi) is 3.06. The van der Waals surface area contributed by atoms with Crippen LogP contribution in [0.5, 0.6) is 0 Å². The van der Waals surface area contributed by atoms with Gasteiger partial charge in [0.05, 0.1) is 11.6 Å². The van der Waals surface area contributed by atoms with E-state index in [1.165, 1.54) is 11.6 Å². The molecule has 0 unspecified atom stereocenters. The summed E-state index contributed by atoms with van der Waals surface area (Å²) in [6.45, 7) is 3.77. The molecule has 3 rings (SSSR count). The average molecular weight is 329 g/mol. The van der Waals surface area contributed by atoms with E-state index in [0.717, 1.165) is 4.90 Å². The van der Waals surface area contributed by atoms with Crippen LogP contribution in [0.1, 0.15) is 20.3 Å². The zero-order valence-corrected chi connectivity index (χ0v) is 13.0. The summed E-state index contributed by atoms with van der Waals surface area (Å²) in [5, 5.41) is 12.6. The minimum Gasteiger partial charge on any atom is -0.480 e. The highest BCUT2D eigenvalue weighted by Gasteiger charge is 2.70. The predicted octanol–water partition coefficient (Wildman–Crippen LogP) is -1.61. The monoisotopic (exact) mass is 329 g/mol. The van der Waals surface area contributed by atoms with Gasteiger partial charge in [0.1, 0.15) is 23.2 Å². The third-order valence-electron chi connectivity index (χ3n) is 4.49. The van der Waals surface area contributed by atoms with Crippen molar-refractivity contribution in [3.05, 3.63) is 12.4 Å². The Hall–Kier alpha value is -1.97. The van der Waals surface area contributed by atoms with Crippen LogP contribution in [0.3, 0.4) is 0 Å². The summed E-state index contributed by atoms with van der Waals surface area (Å²) in [4.78, 5) is 24.3. The summed E-state index contributed by atoms with van der Waals surface area (Å²) in [5.74, 6) is -1.74. The maximum Gasteiger partial charge on any atom is 0.328 e. The summed E-state index contributed by atoms with van der Waals surface area (Å²) in [5.41, 5.74) is 0. The molecule has 0 aromatic carbocycles. The smallest absolute Gasteiger partial charge is 0.328 e. The van der Waals surface area contributed by atoms with Crippen LogP contribution in [0.25, 0.3) is 0 Å². The van der Waals surface area contributed by atoms with Crippen LogP contribution in [0.4, 0.5) is 0 Å². The fourth-order valence-corrected chi connectivity index (χ4v) is 5.58. The van der Waals surface area contributed by atoms with Crippen LogP contribution < -0.4 is 4.68 Å². The molecule has 0 spiro atoms. The van der Waals surface area contributed by atoms with Gasteiger partial charge in [-0.05, 0) is 13.8 Å². The Bertz CT molecular complexity index is 757. The van der Waals surface area contributed by atoms with Gasteiger partial charge in [0, 0.05) is 0 Å². The molecule has 2 saturated heterocycles. The lowest BCUT2D eigenvalue weighted by atomic mass is 9.96. The van der Waals surface area contributed by atoms with E-state index in [1.807, 2.05) is 6.92 Å². The Morgan fingerprint density at radius 2 is 2.27 bits per heavy atom. The first-order valence-corrected chi connectivity index (χ1v) is 8.47. The number of aliphatic carboxylic acids is 1. The Morgan fingerprint density at radius 3 is 2.77 bits per heavy atom. The molecular formula is C12H17N4O5S+. The number of carbonyl (C=O) groups is 2. The Balaban J connectivity index is 2.04. The normalized spacial score (nSPS) is 32.6. The van der Waals surface area contributed by atoms with Gasteiger partial charge in [0.25, 0.3) is 0 Å². The van der Waals surface area contributed by atoms with Crippen molar-refractivity contribution in [1.29, 1.82) is 0 Å². The van der Waals surface area contributed by atoms with Crippen molar-refractivity contribution in [3.63, 3.8) is 0 Å². The van der Waals surface area contributed by atoms with E-state index in [9.17, 15) is 23.1 Å². The molecule has 10 heteroatoms. The SMILES string of the molecule is CCn1cc[n+](C[C@]2(C)[C@@H](C(=O)O)N3C(=O)C[C@H]3S2(=O)=O)n1. The number of fused-ring (bicyclic) bond motifs is 1. The van der Waals surface area contributed by atoms with Gasteiger partial charge in [-0.15, -0.1) is 9.36 Å². The molecule has 3 atom stereocenters. The van der Waals surface area contributed by atoms with E-state index in [2.05, 4.69) is 5.21 Å². The molecule has 2 fully saturated rings. The van der Waals surface area contributed by atoms with Crippen molar-refractivity contribution in [2.45, 2.75) is 49.5 Å². The third kappa shape index (κ3) is 1.73. The van der Waals surface area contributed by atoms with Gasteiger partial charge >= 0.3 is 5.97 Å². The number of carbonyl (C=O) groups excluding carboxylic acids is 1. The lowest BCUT2D eigenvalue weighted by Gasteiger charge is -2.35. The molecule has 2 aliphatic rings. The fourth-order valence-electron chi connectivity index (χ4n) is 3.22. The van der Waals surface area contributed by atoms with E-state index < -0.39 is 37.9 Å². The van der Waals surface area contributed by atoms with Gasteiger partial charge in [-0.3, -0.25) is 4.79 Å². The molecule has 0 saturated carbocycles. The molecule has 0 aliphatic carbocycles. The standard InChI is InChI=1S/C12H16N4O5S/c1-3-14-4-5-15(13-14)7-12(2)10(11(18)19)16-8(17)6-9(16)22(12,20)21/h4-5,9-10H,3,6-7H2,1-2H3/p+1/t9-,10-,12-/m1/s1. The van der Waals surface area contributed by atoms with Crippen molar-refractivity contribution < 1.29 is 27.8 Å². The van der Waals surface area contributed by atoms with E-state index in [4.69, 9.17) is 0 Å². The van der Waals surface area contributed by atoms with Crippen LogP contribution in [0.2, 0.25) is 0 Å². The Morgan fingerprint density at radius 1 is 1.59 bits per heavy atom. The zero-order valence-electron chi connectivity index (χ0n) is 12.2. The molecular weight excluding hydrogens is 312 g/mol. The molecule has 3 heterocycles. The van der Waals surface area contributed by atoms with Crippen LogP contribution >= 0.6 is 0 Å². The van der Waals surface area contributed by atoms with Crippen molar-refractivity contribution in [2.75, 3.05) is 0 Å². The second kappa shape index (κ2) is 4.51. The van der Waals surface area contributed by atoms with E-state index in [1.54, 1.807) is 17.1 Å². The number of nitrogens with zero attached hydrogens (tertiary/aromatic N) is 4. The van der Waals surface area contributed by atoms with Crippen LogP contribution in [-0.4, -0.2) is 56.4 Å². The van der Waals surface area contributed by atoms with Gasteiger partial charge in [-0.2, -0.15) is 0 Å². The number of β-lactam (4-membered cyclic amide) rings is 1. The second-order valence-electron chi connectivity index (χ2n) is 5.80. The molecule has 9 nitrogen and oxygen atoms in total. The van der Waals surface area contributed by atoms with Crippen molar-refractivity contribution >= 4 is 21.7 Å². The number of hydrogen-bond acceptors (Lipinski definition) is 5. The highest BCUT2D eigenvalue weighted by Crippen LogP contribution is 2.46. The highest BCUT2D eigenvalue weighted by atomic mass is 32.2. The molecule has 0 radical (unpaired) electrons. The number of hydrogen-bond donors (Lipinski definition) is 1. The molecule has 1 aromatic rings.